The minimum absolute atomic E-state index is 0.0485. The van der Waals surface area contributed by atoms with Gasteiger partial charge in [-0.15, -0.1) is 11.3 Å². The second kappa shape index (κ2) is 7.69. The van der Waals surface area contributed by atoms with Crippen LogP contribution in [0.2, 0.25) is 10.0 Å². The molecule has 3 aromatic rings. The van der Waals surface area contributed by atoms with Gasteiger partial charge in [0, 0.05) is 10.7 Å². The number of hydrogen-bond acceptors (Lipinski definition) is 5. The molecule has 11 heteroatoms. The summed E-state index contributed by atoms with van der Waals surface area (Å²) in [5.41, 5.74) is 0.426. The number of thiophene rings is 1. The Balaban J connectivity index is 1.80. The van der Waals surface area contributed by atoms with E-state index in [1.54, 1.807) is 11.4 Å². The molecule has 0 aliphatic carbocycles. The lowest BCUT2D eigenvalue weighted by molar-refractivity contribution is 0.600. The van der Waals surface area contributed by atoms with Crippen molar-refractivity contribution < 1.29 is 16.8 Å². The zero-order chi connectivity index (χ0) is 19.7. The van der Waals surface area contributed by atoms with Crippen molar-refractivity contribution in [2.45, 2.75) is 9.10 Å². The zero-order valence-corrected chi connectivity index (χ0v) is 17.3. The van der Waals surface area contributed by atoms with Gasteiger partial charge in [0.1, 0.15) is 4.21 Å². The highest BCUT2D eigenvalue weighted by Gasteiger charge is 2.18. The van der Waals surface area contributed by atoms with Gasteiger partial charge in [0.15, 0.2) is 0 Å². The average molecular weight is 463 g/mol. The number of hydrogen-bond donors (Lipinski definition) is 2. The molecular weight excluding hydrogens is 451 g/mol. The number of anilines is 2. The van der Waals surface area contributed by atoms with Crippen LogP contribution >= 0.6 is 34.5 Å². The fourth-order valence-corrected chi connectivity index (χ4v) is 5.74. The monoisotopic (exact) mass is 462 g/mol. The normalized spacial score (nSPS) is 11.9. The molecule has 6 nitrogen and oxygen atoms in total. The van der Waals surface area contributed by atoms with Crippen LogP contribution in [-0.2, 0) is 20.0 Å². The van der Waals surface area contributed by atoms with Crippen LogP contribution in [0.5, 0.6) is 0 Å². The molecule has 0 bridgehead atoms. The summed E-state index contributed by atoms with van der Waals surface area (Å²) in [4.78, 5) is -0.0485. The Hall–Kier alpha value is -1.78. The second-order valence-corrected chi connectivity index (χ2v) is 10.7. The van der Waals surface area contributed by atoms with Gasteiger partial charge in [-0.05, 0) is 53.9 Å². The van der Waals surface area contributed by atoms with E-state index in [1.807, 2.05) is 0 Å². The quantitative estimate of drug-likeness (QED) is 0.556. The minimum atomic E-state index is -3.91. The van der Waals surface area contributed by atoms with Crippen LogP contribution in [0.4, 0.5) is 11.4 Å². The highest BCUT2D eigenvalue weighted by atomic mass is 35.5. The highest BCUT2D eigenvalue weighted by Crippen LogP contribution is 2.28. The maximum atomic E-state index is 12.5. The molecule has 0 aliphatic heterocycles. The lowest BCUT2D eigenvalue weighted by Crippen LogP contribution is -2.14. The van der Waals surface area contributed by atoms with E-state index in [1.165, 1.54) is 48.5 Å². The second-order valence-electron chi connectivity index (χ2n) is 5.29. The number of nitrogens with one attached hydrogen (secondary N) is 2. The van der Waals surface area contributed by atoms with Crippen molar-refractivity contribution >= 4 is 66.0 Å². The number of halogens is 2. The fraction of sp³-hybridized carbons (Fsp3) is 0. The molecule has 0 atom stereocenters. The summed E-state index contributed by atoms with van der Waals surface area (Å²) in [5.74, 6) is 0. The van der Waals surface area contributed by atoms with Gasteiger partial charge in [-0.25, -0.2) is 16.8 Å². The van der Waals surface area contributed by atoms with E-state index in [9.17, 15) is 16.8 Å². The van der Waals surface area contributed by atoms with Gasteiger partial charge >= 0.3 is 0 Å². The topological polar surface area (TPSA) is 92.3 Å². The molecule has 0 spiro atoms. The molecule has 0 unspecified atom stereocenters. The predicted octanol–water partition coefficient (Wildman–Crippen LogP) is 4.66. The van der Waals surface area contributed by atoms with E-state index in [0.717, 1.165) is 11.3 Å². The van der Waals surface area contributed by atoms with Crippen LogP contribution in [0.3, 0.4) is 0 Å². The first-order chi connectivity index (χ1) is 12.7. The molecule has 1 aromatic heterocycles. The van der Waals surface area contributed by atoms with Crippen LogP contribution in [0.25, 0.3) is 0 Å². The van der Waals surface area contributed by atoms with Crippen molar-refractivity contribution in [1.29, 1.82) is 0 Å². The smallest absolute Gasteiger partial charge is 0.271 e. The Morgan fingerprint density at radius 1 is 0.815 bits per heavy atom. The van der Waals surface area contributed by atoms with E-state index >= 15 is 0 Å². The first-order valence-corrected chi connectivity index (χ1v) is 11.9. The first kappa shape index (κ1) is 20.0. The van der Waals surface area contributed by atoms with E-state index in [-0.39, 0.29) is 25.5 Å². The van der Waals surface area contributed by atoms with Crippen LogP contribution < -0.4 is 9.44 Å². The summed E-state index contributed by atoms with van der Waals surface area (Å²) in [6, 6.07) is 12.8. The van der Waals surface area contributed by atoms with Crippen molar-refractivity contribution in [3.05, 3.63) is 70.0 Å². The minimum Gasteiger partial charge on any atom is -0.279 e. The Morgan fingerprint density at radius 3 is 2.11 bits per heavy atom. The van der Waals surface area contributed by atoms with Gasteiger partial charge in [0.25, 0.3) is 20.0 Å². The summed E-state index contributed by atoms with van der Waals surface area (Å²) in [7, 11) is -7.61. The Bertz CT molecular complexity index is 1160. The van der Waals surface area contributed by atoms with E-state index in [4.69, 9.17) is 23.2 Å². The van der Waals surface area contributed by atoms with Gasteiger partial charge in [-0.1, -0.05) is 29.3 Å². The van der Waals surface area contributed by atoms with Crippen molar-refractivity contribution in [3.8, 4) is 0 Å². The summed E-state index contributed by atoms with van der Waals surface area (Å²) in [5, 5.41) is 2.19. The molecule has 1 heterocycles. The third kappa shape index (κ3) is 4.74. The first-order valence-electron chi connectivity index (χ1n) is 7.32. The van der Waals surface area contributed by atoms with Gasteiger partial charge in [0.05, 0.1) is 15.6 Å². The number of sulfonamides is 2. The van der Waals surface area contributed by atoms with Crippen molar-refractivity contribution in [1.82, 2.24) is 0 Å². The Kier molecular flexibility index (Phi) is 5.68. The summed E-state index contributed by atoms with van der Waals surface area (Å²) in [6.45, 7) is 0. The molecule has 27 heavy (non-hydrogen) atoms. The standard InChI is InChI=1S/C16H12Cl2N2O4S3/c17-11-3-8-15(14(18)10-11)20-26(21,22)13-6-4-12(5-7-13)19-27(23,24)16-2-1-9-25-16/h1-10,19-20H. The SMILES string of the molecule is O=S(=O)(Nc1ccc(Cl)cc1Cl)c1ccc(NS(=O)(=O)c2cccs2)cc1. The number of rotatable bonds is 6. The predicted molar refractivity (Wildman–Crippen MR) is 109 cm³/mol. The van der Waals surface area contributed by atoms with Crippen molar-refractivity contribution in [3.63, 3.8) is 0 Å². The molecule has 2 aromatic carbocycles. The highest BCUT2D eigenvalue weighted by molar-refractivity contribution is 7.94. The molecule has 0 saturated carbocycles. The molecule has 0 aliphatic rings. The molecule has 0 saturated heterocycles. The van der Waals surface area contributed by atoms with Gasteiger partial charge in [0.2, 0.25) is 0 Å². The summed E-state index contributed by atoms with van der Waals surface area (Å²) in [6.07, 6.45) is 0. The molecule has 0 radical (unpaired) electrons. The fourth-order valence-electron chi connectivity index (χ4n) is 2.10. The molecule has 2 N–H and O–H groups in total. The Labute approximate surface area is 170 Å². The van der Waals surface area contributed by atoms with Gasteiger partial charge in [-0.3, -0.25) is 9.44 Å². The zero-order valence-electron chi connectivity index (χ0n) is 13.4. The molecule has 3 rings (SSSR count). The van der Waals surface area contributed by atoms with Crippen LogP contribution in [0.1, 0.15) is 0 Å². The maximum absolute atomic E-state index is 12.5. The summed E-state index contributed by atoms with van der Waals surface area (Å²) < 4.78 is 54.3. The molecule has 0 fully saturated rings. The summed E-state index contributed by atoms with van der Waals surface area (Å²) >= 11 is 12.9. The lowest BCUT2D eigenvalue weighted by atomic mass is 10.3. The third-order valence-corrected chi connectivity index (χ3v) is 8.06. The number of benzene rings is 2. The van der Waals surface area contributed by atoms with Gasteiger partial charge < -0.3 is 0 Å². The molecule has 142 valence electrons. The van der Waals surface area contributed by atoms with Crippen LogP contribution in [0.15, 0.2) is 69.1 Å². The van der Waals surface area contributed by atoms with E-state index in [2.05, 4.69) is 9.44 Å². The van der Waals surface area contributed by atoms with Crippen LogP contribution in [-0.4, -0.2) is 16.8 Å². The van der Waals surface area contributed by atoms with Crippen molar-refractivity contribution in [2.75, 3.05) is 9.44 Å². The molecule has 0 amide bonds. The maximum Gasteiger partial charge on any atom is 0.271 e. The van der Waals surface area contributed by atoms with Crippen LogP contribution in [0, 0.1) is 0 Å². The van der Waals surface area contributed by atoms with E-state index in [0.29, 0.717) is 5.02 Å². The Morgan fingerprint density at radius 2 is 1.52 bits per heavy atom. The largest absolute Gasteiger partial charge is 0.279 e. The van der Waals surface area contributed by atoms with Gasteiger partial charge in [-0.2, -0.15) is 0 Å². The average Bonchev–Trinajstić information content (AvgIpc) is 3.13. The van der Waals surface area contributed by atoms with E-state index < -0.39 is 20.0 Å². The lowest BCUT2D eigenvalue weighted by Gasteiger charge is -2.11. The van der Waals surface area contributed by atoms with Crippen molar-refractivity contribution in [2.24, 2.45) is 0 Å². The molecular formula is C16H12Cl2N2O4S3. The third-order valence-electron chi connectivity index (χ3n) is 3.35.